The normalized spacial score (nSPS) is 15.8. The second-order valence-electron chi connectivity index (χ2n) is 6.63. The van der Waals surface area contributed by atoms with Crippen LogP contribution in [0.4, 0.5) is 19.3 Å². The number of carbonyl (C=O) groups is 1. The van der Waals surface area contributed by atoms with Gasteiger partial charge in [0, 0.05) is 23.3 Å². The Morgan fingerprint density at radius 3 is 2.43 bits per heavy atom. The van der Waals surface area contributed by atoms with E-state index in [0.717, 1.165) is 28.8 Å². The molecule has 1 atom stereocenters. The average Bonchev–Trinajstić information content (AvgIpc) is 2.70. The molecule has 2 amide bonds. The lowest BCUT2D eigenvalue weighted by atomic mass is 9.88. The maximum atomic E-state index is 13.5. The molecule has 0 spiro atoms. The van der Waals surface area contributed by atoms with Crippen LogP contribution < -0.4 is 5.32 Å². The van der Waals surface area contributed by atoms with Gasteiger partial charge in [-0.25, -0.2) is 13.6 Å². The Hall–Kier alpha value is -2.92. The third-order valence-corrected chi connectivity index (χ3v) is 5.26. The predicted molar refractivity (Wildman–Crippen MR) is 106 cm³/mol. The van der Waals surface area contributed by atoms with Crippen molar-refractivity contribution in [3.63, 3.8) is 0 Å². The zero-order chi connectivity index (χ0) is 19.7. The highest BCUT2D eigenvalue weighted by molar-refractivity contribution is 6.31. The molecule has 3 aromatic rings. The summed E-state index contributed by atoms with van der Waals surface area (Å²) in [6.07, 6.45) is 0.697. The molecule has 0 aromatic heterocycles. The zero-order valence-corrected chi connectivity index (χ0v) is 15.6. The summed E-state index contributed by atoms with van der Waals surface area (Å²) in [5.41, 5.74) is 3.17. The first-order valence-corrected chi connectivity index (χ1v) is 9.27. The van der Waals surface area contributed by atoms with Crippen LogP contribution in [0.5, 0.6) is 0 Å². The van der Waals surface area contributed by atoms with Gasteiger partial charge in [0.25, 0.3) is 0 Å². The summed E-state index contributed by atoms with van der Waals surface area (Å²) in [5.74, 6) is -1.97. The van der Waals surface area contributed by atoms with E-state index in [0.29, 0.717) is 18.0 Å². The number of halogens is 3. The van der Waals surface area contributed by atoms with Crippen molar-refractivity contribution in [1.29, 1.82) is 0 Å². The second kappa shape index (κ2) is 7.60. The topological polar surface area (TPSA) is 32.3 Å². The number of carbonyl (C=O) groups excluding carboxylic acids is 1. The highest BCUT2D eigenvalue weighted by Crippen LogP contribution is 2.38. The fraction of sp³-hybridized carbons (Fsp3) is 0.136. The van der Waals surface area contributed by atoms with Crippen molar-refractivity contribution in [2.24, 2.45) is 0 Å². The first-order chi connectivity index (χ1) is 13.5. The van der Waals surface area contributed by atoms with Gasteiger partial charge in [-0.3, -0.25) is 0 Å². The lowest BCUT2D eigenvalue weighted by Crippen LogP contribution is -2.43. The van der Waals surface area contributed by atoms with Crippen molar-refractivity contribution in [2.75, 3.05) is 11.9 Å². The molecule has 1 N–H and O–H groups in total. The number of nitrogens with one attached hydrogen (secondary N) is 1. The lowest BCUT2D eigenvalue weighted by molar-refractivity contribution is 0.194. The number of benzene rings is 3. The molecule has 1 aliphatic heterocycles. The summed E-state index contributed by atoms with van der Waals surface area (Å²) in [5, 5.41) is 3.23. The molecule has 0 aliphatic carbocycles. The molecule has 6 heteroatoms. The quantitative estimate of drug-likeness (QED) is 0.581. The predicted octanol–water partition coefficient (Wildman–Crippen LogP) is 5.80. The molecule has 142 valence electrons. The fourth-order valence-corrected chi connectivity index (χ4v) is 3.83. The van der Waals surface area contributed by atoms with E-state index in [9.17, 15) is 13.6 Å². The van der Waals surface area contributed by atoms with Gasteiger partial charge >= 0.3 is 6.03 Å². The molecular formula is C22H17ClF2N2O. The average molecular weight is 399 g/mol. The first-order valence-electron chi connectivity index (χ1n) is 8.89. The van der Waals surface area contributed by atoms with Crippen LogP contribution in [-0.2, 0) is 6.42 Å². The number of amides is 2. The number of urea groups is 1. The third-order valence-electron chi connectivity index (χ3n) is 4.91. The van der Waals surface area contributed by atoms with E-state index in [4.69, 9.17) is 11.6 Å². The van der Waals surface area contributed by atoms with E-state index >= 15 is 0 Å². The molecule has 4 rings (SSSR count). The Kier molecular flexibility index (Phi) is 5.01. The van der Waals surface area contributed by atoms with Gasteiger partial charge in [-0.2, -0.15) is 0 Å². The van der Waals surface area contributed by atoms with E-state index < -0.39 is 17.7 Å². The fourth-order valence-electron chi connectivity index (χ4n) is 3.59. The minimum absolute atomic E-state index is 0.195. The number of nitrogens with zero attached hydrogens (tertiary/aromatic N) is 1. The Balaban J connectivity index is 1.71. The van der Waals surface area contributed by atoms with E-state index in [-0.39, 0.29) is 11.7 Å². The van der Waals surface area contributed by atoms with Crippen molar-refractivity contribution in [2.45, 2.75) is 12.5 Å². The molecule has 0 unspecified atom stereocenters. The van der Waals surface area contributed by atoms with Gasteiger partial charge in [0.15, 0.2) is 11.6 Å². The summed E-state index contributed by atoms with van der Waals surface area (Å²) < 4.78 is 26.7. The monoisotopic (exact) mass is 398 g/mol. The van der Waals surface area contributed by atoms with E-state index in [1.807, 2.05) is 42.5 Å². The minimum Gasteiger partial charge on any atom is -0.313 e. The summed E-state index contributed by atoms with van der Waals surface area (Å²) in [4.78, 5) is 14.7. The van der Waals surface area contributed by atoms with E-state index in [1.54, 1.807) is 11.0 Å². The largest absolute Gasteiger partial charge is 0.322 e. The van der Waals surface area contributed by atoms with Gasteiger partial charge in [-0.1, -0.05) is 54.1 Å². The van der Waals surface area contributed by atoms with Crippen LogP contribution in [0.3, 0.4) is 0 Å². The summed E-state index contributed by atoms with van der Waals surface area (Å²) >= 11 is 6.44. The van der Waals surface area contributed by atoms with Crippen molar-refractivity contribution in [3.05, 3.63) is 100 Å². The minimum atomic E-state index is -1.01. The highest BCUT2D eigenvalue weighted by atomic mass is 35.5. The molecule has 0 saturated heterocycles. The zero-order valence-electron chi connectivity index (χ0n) is 14.8. The number of hydrogen-bond acceptors (Lipinski definition) is 1. The van der Waals surface area contributed by atoms with Gasteiger partial charge < -0.3 is 10.2 Å². The molecular weight excluding hydrogens is 382 g/mol. The molecule has 0 radical (unpaired) electrons. The van der Waals surface area contributed by atoms with E-state index in [2.05, 4.69) is 5.32 Å². The molecule has 0 bridgehead atoms. The van der Waals surface area contributed by atoms with Crippen LogP contribution in [0, 0.1) is 11.6 Å². The van der Waals surface area contributed by atoms with Crippen molar-refractivity contribution in [3.8, 4) is 0 Å². The van der Waals surface area contributed by atoms with Crippen LogP contribution >= 0.6 is 11.6 Å². The summed E-state index contributed by atoms with van der Waals surface area (Å²) in [6.45, 7) is 0.475. The van der Waals surface area contributed by atoms with Crippen molar-refractivity contribution >= 4 is 23.3 Å². The number of hydrogen-bond donors (Lipinski definition) is 1. The Morgan fingerprint density at radius 1 is 0.964 bits per heavy atom. The lowest BCUT2D eigenvalue weighted by Gasteiger charge is -2.38. The summed E-state index contributed by atoms with van der Waals surface area (Å²) in [7, 11) is 0. The molecule has 3 nitrogen and oxygen atoms in total. The van der Waals surface area contributed by atoms with Crippen LogP contribution in [0.2, 0.25) is 5.02 Å². The maximum absolute atomic E-state index is 13.5. The number of anilines is 1. The highest BCUT2D eigenvalue weighted by Gasteiger charge is 2.33. The molecule has 1 aliphatic rings. The van der Waals surface area contributed by atoms with Gasteiger partial charge in [-0.15, -0.1) is 0 Å². The molecule has 1 heterocycles. The molecule has 0 fully saturated rings. The first kappa shape index (κ1) is 18.4. The van der Waals surface area contributed by atoms with Gasteiger partial charge in [-0.05, 0) is 41.3 Å². The number of rotatable bonds is 2. The third kappa shape index (κ3) is 3.45. The van der Waals surface area contributed by atoms with E-state index in [1.165, 1.54) is 6.07 Å². The Morgan fingerprint density at radius 2 is 1.68 bits per heavy atom. The van der Waals surface area contributed by atoms with Crippen LogP contribution in [0.1, 0.15) is 22.7 Å². The maximum Gasteiger partial charge on any atom is 0.322 e. The Labute approximate surface area is 166 Å². The standard InChI is InChI=1S/C22H17ClF2N2O/c23-18-8-4-3-7-17(18)21-16-6-2-1-5-14(16)11-12-27(21)22(28)26-15-9-10-19(24)20(25)13-15/h1-10,13,21H,11-12H2,(H,26,28)/t21-/m0/s1. The SMILES string of the molecule is O=C(Nc1ccc(F)c(F)c1)N1CCc2ccccc2[C@H]1c1ccccc1Cl. The number of fused-ring (bicyclic) bond motifs is 1. The van der Waals surface area contributed by atoms with Crippen molar-refractivity contribution < 1.29 is 13.6 Å². The van der Waals surface area contributed by atoms with Gasteiger partial charge in [0.2, 0.25) is 0 Å². The van der Waals surface area contributed by atoms with Crippen LogP contribution in [0.25, 0.3) is 0 Å². The van der Waals surface area contributed by atoms with Crippen molar-refractivity contribution in [1.82, 2.24) is 4.90 Å². The molecule has 3 aromatic carbocycles. The molecule has 28 heavy (non-hydrogen) atoms. The smallest absolute Gasteiger partial charge is 0.313 e. The Bertz CT molecular complexity index is 1040. The van der Waals surface area contributed by atoms with Crippen LogP contribution in [-0.4, -0.2) is 17.5 Å². The molecule has 0 saturated carbocycles. The second-order valence-corrected chi connectivity index (χ2v) is 7.03. The van der Waals surface area contributed by atoms with Gasteiger partial charge in [0.05, 0.1) is 6.04 Å². The van der Waals surface area contributed by atoms with Gasteiger partial charge in [0.1, 0.15) is 0 Å². The van der Waals surface area contributed by atoms with Crippen LogP contribution in [0.15, 0.2) is 66.7 Å². The summed E-state index contributed by atoms with van der Waals surface area (Å²) in [6, 6.07) is 17.9.